The van der Waals surface area contributed by atoms with Crippen LogP contribution in [-0.2, 0) is 29.1 Å². The Balaban J connectivity index is 1.97. The van der Waals surface area contributed by atoms with Gasteiger partial charge in [0, 0.05) is 26.2 Å². The van der Waals surface area contributed by atoms with E-state index >= 15 is 0 Å². The van der Waals surface area contributed by atoms with Gasteiger partial charge in [0.25, 0.3) is 5.91 Å². The second-order valence-electron chi connectivity index (χ2n) is 7.15. The van der Waals surface area contributed by atoms with Crippen molar-refractivity contribution in [3.05, 3.63) is 55.1 Å². The van der Waals surface area contributed by atoms with Crippen LogP contribution in [0.15, 0.2) is 54.5 Å². The molecule has 0 aromatic heterocycles. The molecule has 1 aromatic rings. The zero-order chi connectivity index (χ0) is 23.7. The van der Waals surface area contributed by atoms with Gasteiger partial charge >= 0.3 is 11.9 Å². The Morgan fingerprint density at radius 3 is 2.28 bits per heavy atom. The van der Waals surface area contributed by atoms with Gasteiger partial charge in [-0.15, -0.1) is 13.2 Å². The van der Waals surface area contributed by atoms with E-state index < -0.39 is 34.5 Å². The molecule has 1 amide bonds. The molecule has 1 fully saturated rings. The first-order valence-corrected chi connectivity index (χ1v) is 11.5. The van der Waals surface area contributed by atoms with Gasteiger partial charge in [-0.05, 0) is 25.0 Å². The van der Waals surface area contributed by atoms with Crippen molar-refractivity contribution in [1.29, 1.82) is 0 Å². The summed E-state index contributed by atoms with van der Waals surface area (Å²) in [5.41, 5.74) is -0.0429. The summed E-state index contributed by atoms with van der Waals surface area (Å²) in [6.07, 6.45) is 3.63. The number of ether oxygens (including phenoxy) is 2. The third kappa shape index (κ3) is 6.04. The number of rotatable bonds is 10. The fourth-order valence-electron chi connectivity index (χ4n) is 3.37. The van der Waals surface area contributed by atoms with Crippen molar-refractivity contribution in [3.63, 3.8) is 0 Å². The zero-order valence-corrected chi connectivity index (χ0v) is 18.9. The fourth-order valence-corrected chi connectivity index (χ4v) is 5.02. The van der Waals surface area contributed by atoms with Gasteiger partial charge in [0.15, 0.2) is 6.61 Å². The minimum Gasteiger partial charge on any atom is -0.465 e. The molecule has 2 rings (SSSR count). The molecule has 1 aromatic carbocycles. The van der Waals surface area contributed by atoms with E-state index in [1.165, 1.54) is 34.5 Å². The van der Waals surface area contributed by atoms with Crippen LogP contribution >= 0.6 is 0 Å². The second kappa shape index (κ2) is 11.6. The normalized spacial score (nSPS) is 14.9. The minimum absolute atomic E-state index is 0.0429. The Bertz CT molecular complexity index is 956. The van der Waals surface area contributed by atoms with Gasteiger partial charge in [-0.1, -0.05) is 24.3 Å². The Morgan fingerprint density at radius 2 is 1.72 bits per heavy atom. The molecule has 10 heteroatoms. The van der Waals surface area contributed by atoms with E-state index in [0.29, 0.717) is 13.1 Å². The predicted octanol–water partition coefficient (Wildman–Crippen LogP) is 1.62. The van der Waals surface area contributed by atoms with Crippen molar-refractivity contribution in [2.75, 3.05) is 39.9 Å². The van der Waals surface area contributed by atoms with Crippen molar-refractivity contribution in [3.8, 4) is 0 Å². The number of methoxy groups -OCH3 is 1. The Morgan fingerprint density at radius 1 is 1.12 bits per heavy atom. The number of carbonyl (C=O) groups excluding carboxylic acids is 3. The largest absolute Gasteiger partial charge is 0.465 e. The number of hydrogen-bond donors (Lipinski definition) is 0. The number of sulfonamides is 1. The minimum atomic E-state index is -3.95. The number of esters is 2. The maximum atomic E-state index is 13.1. The highest BCUT2D eigenvalue weighted by Gasteiger charge is 2.35. The first kappa shape index (κ1) is 25.3. The number of carbonyl (C=O) groups is 3. The van der Waals surface area contributed by atoms with Gasteiger partial charge in [0.05, 0.1) is 23.5 Å². The van der Waals surface area contributed by atoms with Crippen LogP contribution in [-0.4, -0.2) is 75.4 Å². The lowest BCUT2D eigenvalue weighted by atomic mass is 9.98. The monoisotopic (exact) mass is 464 g/mol. The van der Waals surface area contributed by atoms with Crippen LogP contribution in [0.5, 0.6) is 0 Å². The zero-order valence-electron chi connectivity index (χ0n) is 18.1. The highest BCUT2D eigenvalue weighted by molar-refractivity contribution is 7.89. The van der Waals surface area contributed by atoms with Crippen LogP contribution in [0.4, 0.5) is 0 Å². The Labute approximate surface area is 188 Å². The molecule has 1 aliphatic rings. The van der Waals surface area contributed by atoms with Crippen molar-refractivity contribution >= 4 is 27.9 Å². The number of nitrogens with zero attached hydrogens (tertiary/aromatic N) is 2. The Kier molecular flexibility index (Phi) is 9.15. The number of benzene rings is 1. The first-order chi connectivity index (χ1) is 15.3. The number of amides is 1. The predicted molar refractivity (Wildman–Crippen MR) is 117 cm³/mol. The van der Waals surface area contributed by atoms with Crippen molar-refractivity contribution in [2.45, 2.75) is 17.7 Å². The average molecular weight is 465 g/mol. The van der Waals surface area contributed by atoms with Crippen molar-refractivity contribution in [2.24, 2.45) is 5.92 Å². The standard InChI is InChI=1S/C22H28N2O7S/c1-4-12-23(13-5-2)20(25)16-31-21(26)17-10-14-24(15-11-17)32(28,29)19-9-7-6-8-18(19)22(27)30-3/h4-9,17H,1-2,10-16H2,3H3. The smallest absolute Gasteiger partial charge is 0.339 e. The topological polar surface area (TPSA) is 110 Å². The van der Waals surface area contributed by atoms with Gasteiger partial charge in [0.1, 0.15) is 0 Å². The second-order valence-corrected chi connectivity index (χ2v) is 9.06. The van der Waals surface area contributed by atoms with Crippen molar-refractivity contribution in [1.82, 2.24) is 9.21 Å². The molecule has 0 saturated carbocycles. The molecule has 0 aliphatic carbocycles. The summed E-state index contributed by atoms with van der Waals surface area (Å²) in [7, 11) is -2.76. The van der Waals surface area contributed by atoms with Crippen LogP contribution in [0.1, 0.15) is 23.2 Å². The lowest BCUT2D eigenvalue weighted by molar-refractivity contribution is -0.156. The van der Waals surface area contributed by atoms with E-state index in [1.54, 1.807) is 18.2 Å². The lowest BCUT2D eigenvalue weighted by Gasteiger charge is -2.30. The van der Waals surface area contributed by atoms with Gasteiger partial charge in [0.2, 0.25) is 10.0 Å². The number of piperidine rings is 1. The van der Waals surface area contributed by atoms with Gasteiger partial charge < -0.3 is 14.4 Å². The van der Waals surface area contributed by atoms with Gasteiger partial charge in [-0.25, -0.2) is 13.2 Å². The van der Waals surface area contributed by atoms with Crippen LogP contribution in [0.3, 0.4) is 0 Å². The third-order valence-electron chi connectivity index (χ3n) is 5.09. The number of hydrogen-bond acceptors (Lipinski definition) is 7. The first-order valence-electron chi connectivity index (χ1n) is 10.1. The molecular formula is C22H28N2O7S. The van der Waals surface area contributed by atoms with E-state index in [0.717, 1.165) is 0 Å². The maximum absolute atomic E-state index is 13.1. The molecule has 0 bridgehead atoms. The molecular weight excluding hydrogens is 436 g/mol. The maximum Gasteiger partial charge on any atom is 0.339 e. The van der Waals surface area contributed by atoms with E-state index in [2.05, 4.69) is 17.9 Å². The third-order valence-corrected chi connectivity index (χ3v) is 7.04. The van der Waals surface area contributed by atoms with E-state index in [-0.39, 0.29) is 42.3 Å². The molecule has 1 saturated heterocycles. The van der Waals surface area contributed by atoms with E-state index in [9.17, 15) is 22.8 Å². The molecule has 174 valence electrons. The Hall–Kier alpha value is -2.98. The molecule has 0 spiro atoms. The highest BCUT2D eigenvalue weighted by Crippen LogP contribution is 2.26. The molecule has 0 unspecified atom stereocenters. The molecule has 1 heterocycles. The molecule has 0 atom stereocenters. The average Bonchev–Trinajstić information content (AvgIpc) is 2.81. The SMILES string of the molecule is C=CCN(CC=C)C(=O)COC(=O)C1CCN(S(=O)(=O)c2ccccc2C(=O)OC)CC1. The van der Waals surface area contributed by atoms with E-state index in [4.69, 9.17) is 4.74 Å². The molecule has 9 nitrogen and oxygen atoms in total. The van der Waals surface area contributed by atoms with Crippen LogP contribution in [0.2, 0.25) is 0 Å². The molecule has 32 heavy (non-hydrogen) atoms. The van der Waals surface area contributed by atoms with Gasteiger partial charge in [-0.2, -0.15) is 4.31 Å². The van der Waals surface area contributed by atoms with Crippen LogP contribution in [0.25, 0.3) is 0 Å². The summed E-state index contributed by atoms with van der Waals surface area (Å²) in [5, 5.41) is 0. The van der Waals surface area contributed by atoms with Crippen LogP contribution < -0.4 is 0 Å². The van der Waals surface area contributed by atoms with Crippen LogP contribution in [0, 0.1) is 5.92 Å². The van der Waals surface area contributed by atoms with Gasteiger partial charge in [-0.3, -0.25) is 9.59 Å². The summed E-state index contributed by atoms with van der Waals surface area (Å²) >= 11 is 0. The van der Waals surface area contributed by atoms with E-state index in [1.807, 2.05) is 0 Å². The quantitative estimate of drug-likeness (QED) is 0.382. The molecule has 0 N–H and O–H groups in total. The summed E-state index contributed by atoms with van der Waals surface area (Å²) in [4.78, 5) is 37.8. The summed E-state index contributed by atoms with van der Waals surface area (Å²) < 4.78 is 37.2. The summed E-state index contributed by atoms with van der Waals surface area (Å²) in [6, 6.07) is 5.83. The fraction of sp³-hybridized carbons (Fsp3) is 0.409. The molecule has 0 radical (unpaired) electrons. The highest BCUT2D eigenvalue weighted by atomic mass is 32.2. The summed E-state index contributed by atoms with van der Waals surface area (Å²) in [5.74, 6) is -2.16. The van der Waals surface area contributed by atoms with Crippen molar-refractivity contribution < 1.29 is 32.3 Å². The lowest BCUT2D eigenvalue weighted by Crippen LogP contribution is -2.41. The summed E-state index contributed by atoms with van der Waals surface area (Å²) in [6.45, 7) is 7.58. The molecule has 1 aliphatic heterocycles.